The molecule has 5 nitrogen and oxygen atoms in total. The molecule has 0 unspecified atom stereocenters. The molecule has 0 fully saturated rings. The van der Waals surface area contributed by atoms with Crippen LogP contribution in [0.2, 0.25) is 0 Å². The van der Waals surface area contributed by atoms with Gasteiger partial charge in [-0.25, -0.2) is 9.97 Å². The van der Waals surface area contributed by atoms with Crippen molar-refractivity contribution in [2.45, 2.75) is 12.8 Å². The fourth-order valence-corrected chi connectivity index (χ4v) is 2.99. The summed E-state index contributed by atoms with van der Waals surface area (Å²) in [7, 11) is 0. The minimum Gasteiger partial charge on any atom is -0.473 e. The number of rotatable bonds is 5. The summed E-state index contributed by atoms with van der Waals surface area (Å²) in [5, 5.41) is 0.790. The molecule has 0 bridgehead atoms. The van der Waals surface area contributed by atoms with Gasteiger partial charge in [0.2, 0.25) is 5.88 Å². The van der Waals surface area contributed by atoms with Gasteiger partial charge in [-0.3, -0.25) is 4.79 Å². The first-order valence-electron chi connectivity index (χ1n) is 8.63. The molecule has 0 amide bonds. The Hall–Kier alpha value is -3.68. The summed E-state index contributed by atoms with van der Waals surface area (Å²) in [6.45, 7) is -0.0910. The Morgan fingerprint density at radius 1 is 1.10 bits per heavy atom. The second-order valence-corrected chi connectivity index (χ2v) is 6.29. The van der Waals surface area contributed by atoms with Crippen LogP contribution in [0.1, 0.15) is 21.5 Å². The van der Waals surface area contributed by atoms with Crippen molar-refractivity contribution >= 4 is 17.3 Å². The molecule has 0 atom stereocenters. The van der Waals surface area contributed by atoms with Gasteiger partial charge in [0, 0.05) is 35.0 Å². The van der Waals surface area contributed by atoms with Crippen molar-refractivity contribution < 1.29 is 22.7 Å². The molecule has 0 saturated heterocycles. The molecular weight excluding hydrogens is 383 g/mol. The minimum absolute atomic E-state index is 0.0910. The Bertz CT molecular complexity index is 1190. The summed E-state index contributed by atoms with van der Waals surface area (Å²) < 4.78 is 44.2. The largest absolute Gasteiger partial charge is 0.473 e. The maximum Gasteiger partial charge on any atom is 0.416 e. The van der Waals surface area contributed by atoms with Gasteiger partial charge in [-0.05, 0) is 35.9 Å². The third kappa shape index (κ3) is 3.82. The van der Waals surface area contributed by atoms with E-state index in [4.69, 9.17) is 4.74 Å². The van der Waals surface area contributed by atoms with E-state index in [9.17, 15) is 18.0 Å². The van der Waals surface area contributed by atoms with Gasteiger partial charge in [0.1, 0.15) is 12.3 Å². The third-order valence-electron chi connectivity index (χ3n) is 4.38. The van der Waals surface area contributed by atoms with Crippen molar-refractivity contribution in [2.24, 2.45) is 0 Å². The number of aromatic nitrogens is 3. The molecule has 4 aromatic rings. The zero-order valence-corrected chi connectivity index (χ0v) is 14.9. The number of fused-ring (bicyclic) bond motifs is 1. The number of carbonyl (C=O) groups is 1. The normalized spacial score (nSPS) is 11.6. The lowest BCUT2D eigenvalue weighted by Gasteiger charge is -2.11. The maximum atomic E-state index is 12.9. The van der Waals surface area contributed by atoms with Crippen LogP contribution in [0.25, 0.3) is 22.3 Å². The predicted molar refractivity (Wildman–Crippen MR) is 100 cm³/mol. The number of nitrogens with one attached hydrogen (secondary N) is 1. The summed E-state index contributed by atoms with van der Waals surface area (Å²) in [4.78, 5) is 23.1. The van der Waals surface area contributed by atoms with Gasteiger partial charge in [-0.2, -0.15) is 13.2 Å². The van der Waals surface area contributed by atoms with Crippen LogP contribution in [0, 0.1) is 0 Å². The number of hydrogen-bond acceptors (Lipinski definition) is 4. The average molecular weight is 397 g/mol. The van der Waals surface area contributed by atoms with E-state index >= 15 is 0 Å². The first kappa shape index (κ1) is 18.7. The summed E-state index contributed by atoms with van der Waals surface area (Å²) >= 11 is 0. The van der Waals surface area contributed by atoms with Crippen LogP contribution in [0.3, 0.4) is 0 Å². The molecular formula is C21H14F3N3O2. The number of ether oxygens (including phenoxy) is 1. The molecule has 3 heterocycles. The van der Waals surface area contributed by atoms with Gasteiger partial charge in [0.05, 0.1) is 11.3 Å². The van der Waals surface area contributed by atoms with Crippen LogP contribution in [0.4, 0.5) is 13.2 Å². The number of halogens is 3. The Morgan fingerprint density at radius 2 is 1.97 bits per heavy atom. The van der Waals surface area contributed by atoms with Crippen LogP contribution >= 0.6 is 0 Å². The number of aldehydes is 1. The van der Waals surface area contributed by atoms with Crippen LogP contribution in [-0.4, -0.2) is 21.2 Å². The SMILES string of the molecule is O=Cc1ccc(OCc2cccc(C(F)(F)F)c2)nc1-c1c[nH]c2ncccc12. The van der Waals surface area contributed by atoms with Crippen LogP contribution in [0.5, 0.6) is 5.88 Å². The van der Waals surface area contributed by atoms with Crippen molar-refractivity contribution in [3.8, 4) is 17.1 Å². The highest BCUT2D eigenvalue weighted by atomic mass is 19.4. The van der Waals surface area contributed by atoms with E-state index in [0.717, 1.165) is 17.5 Å². The molecule has 0 aliphatic carbocycles. The molecule has 0 saturated carbocycles. The van der Waals surface area contributed by atoms with E-state index in [0.29, 0.717) is 34.3 Å². The Kier molecular flexibility index (Phi) is 4.75. The lowest BCUT2D eigenvalue weighted by Crippen LogP contribution is -2.06. The fourth-order valence-electron chi connectivity index (χ4n) is 2.99. The number of alkyl halides is 3. The maximum absolute atomic E-state index is 12.9. The van der Waals surface area contributed by atoms with E-state index < -0.39 is 11.7 Å². The number of hydrogen-bond donors (Lipinski definition) is 1. The van der Waals surface area contributed by atoms with E-state index in [-0.39, 0.29) is 12.5 Å². The van der Waals surface area contributed by atoms with E-state index in [1.807, 2.05) is 6.07 Å². The number of carbonyl (C=O) groups excluding carboxylic acids is 1. The van der Waals surface area contributed by atoms with Crippen molar-refractivity contribution in [3.63, 3.8) is 0 Å². The van der Waals surface area contributed by atoms with Gasteiger partial charge in [-0.15, -0.1) is 0 Å². The van der Waals surface area contributed by atoms with Gasteiger partial charge >= 0.3 is 6.18 Å². The quantitative estimate of drug-likeness (QED) is 0.480. The average Bonchev–Trinajstić information content (AvgIpc) is 3.16. The summed E-state index contributed by atoms with van der Waals surface area (Å²) in [5.41, 5.74) is 1.71. The third-order valence-corrected chi connectivity index (χ3v) is 4.38. The number of nitrogens with zero attached hydrogens (tertiary/aromatic N) is 2. The molecule has 0 spiro atoms. The summed E-state index contributed by atoms with van der Waals surface area (Å²) in [5.74, 6) is 0.196. The van der Waals surface area contributed by atoms with Gasteiger partial charge < -0.3 is 9.72 Å². The highest BCUT2D eigenvalue weighted by Gasteiger charge is 2.30. The molecule has 0 aliphatic rings. The lowest BCUT2D eigenvalue weighted by atomic mass is 10.1. The monoisotopic (exact) mass is 397 g/mol. The van der Waals surface area contributed by atoms with Crippen molar-refractivity contribution in [1.82, 2.24) is 15.0 Å². The smallest absolute Gasteiger partial charge is 0.416 e. The van der Waals surface area contributed by atoms with Gasteiger partial charge in [0.15, 0.2) is 6.29 Å². The molecule has 146 valence electrons. The highest BCUT2D eigenvalue weighted by Crippen LogP contribution is 2.31. The van der Waals surface area contributed by atoms with E-state index in [2.05, 4.69) is 15.0 Å². The lowest BCUT2D eigenvalue weighted by molar-refractivity contribution is -0.137. The van der Waals surface area contributed by atoms with E-state index in [1.54, 1.807) is 30.6 Å². The number of benzene rings is 1. The summed E-state index contributed by atoms with van der Waals surface area (Å²) in [6, 6.07) is 11.6. The Morgan fingerprint density at radius 3 is 2.76 bits per heavy atom. The highest BCUT2D eigenvalue weighted by molar-refractivity contribution is 5.97. The predicted octanol–water partition coefficient (Wildman–Crippen LogP) is 5.04. The van der Waals surface area contributed by atoms with Crippen molar-refractivity contribution in [3.05, 3.63) is 77.6 Å². The van der Waals surface area contributed by atoms with Crippen LogP contribution in [0.15, 0.2) is 60.9 Å². The number of aromatic amines is 1. The standard InChI is InChI=1S/C21H14F3N3O2/c22-21(23,24)15-4-1-3-13(9-15)12-29-18-7-6-14(11-28)19(27-18)17-10-26-20-16(17)5-2-8-25-20/h1-11H,12H2,(H,25,26). The molecule has 0 aliphatic heterocycles. The van der Waals surface area contributed by atoms with E-state index in [1.165, 1.54) is 12.1 Å². The van der Waals surface area contributed by atoms with Gasteiger partial charge in [-0.1, -0.05) is 12.1 Å². The van der Waals surface area contributed by atoms with Crippen LogP contribution < -0.4 is 4.74 Å². The minimum atomic E-state index is -4.42. The molecule has 8 heteroatoms. The molecule has 29 heavy (non-hydrogen) atoms. The Balaban J connectivity index is 1.63. The second-order valence-electron chi connectivity index (χ2n) is 6.29. The first-order valence-corrected chi connectivity index (χ1v) is 8.63. The molecule has 4 rings (SSSR count). The number of H-pyrrole nitrogens is 1. The number of pyridine rings is 2. The van der Waals surface area contributed by atoms with Crippen LogP contribution in [-0.2, 0) is 12.8 Å². The fraction of sp³-hybridized carbons (Fsp3) is 0.0952. The zero-order chi connectivity index (χ0) is 20.4. The second kappa shape index (κ2) is 7.38. The molecule has 1 aromatic carbocycles. The molecule has 0 radical (unpaired) electrons. The van der Waals surface area contributed by atoms with Crippen molar-refractivity contribution in [2.75, 3.05) is 0 Å². The Labute approximate surface area is 163 Å². The topological polar surface area (TPSA) is 67.9 Å². The van der Waals surface area contributed by atoms with Gasteiger partial charge in [0.25, 0.3) is 0 Å². The molecule has 1 N–H and O–H groups in total. The van der Waals surface area contributed by atoms with Crippen molar-refractivity contribution in [1.29, 1.82) is 0 Å². The molecule has 3 aromatic heterocycles. The zero-order valence-electron chi connectivity index (χ0n) is 14.9. The summed E-state index contributed by atoms with van der Waals surface area (Å²) in [6.07, 6.45) is -0.389. The first-order chi connectivity index (χ1) is 14.0.